The summed E-state index contributed by atoms with van der Waals surface area (Å²) >= 11 is 1.72. The van der Waals surface area contributed by atoms with Gasteiger partial charge in [0.1, 0.15) is 12.7 Å². The van der Waals surface area contributed by atoms with Crippen LogP contribution in [0.5, 0.6) is 0 Å². The lowest BCUT2D eigenvalue weighted by Gasteiger charge is -2.04. The summed E-state index contributed by atoms with van der Waals surface area (Å²) in [7, 11) is 0. The first-order valence-electron chi connectivity index (χ1n) is 24.7. The molecule has 0 saturated carbocycles. The molecule has 0 aliphatic carbocycles. The molecule has 0 bridgehead atoms. The Morgan fingerprint density at radius 3 is 1.36 bits per heavy atom. The van der Waals surface area contributed by atoms with Gasteiger partial charge in [0.05, 0.1) is 10.7 Å². The largest absolute Gasteiger partial charge is 0.269 e. The summed E-state index contributed by atoms with van der Waals surface area (Å²) in [6, 6.07) is 26.9. The molecule has 374 valence electrons. The van der Waals surface area contributed by atoms with Gasteiger partial charge in [-0.2, -0.15) is 5.10 Å². The number of benzene rings is 1. The highest BCUT2D eigenvalue weighted by molar-refractivity contribution is 7.09. The van der Waals surface area contributed by atoms with Crippen LogP contribution in [-0.2, 0) is 0 Å². The highest BCUT2D eigenvalue weighted by atomic mass is 32.1. The SMILES string of the molecule is CC(C)c1ccccn1.CC(C)c1cccnc1.CC(C)c1ccncc1.CC(C)c1ccncn1.CC(C)c1cn(C(C)C)nc1-c1ccccc1.CC(C)c1cncnc1.CC(C)c1nccs1. The highest BCUT2D eigenvalue weighted by Gasteiger charge is 2.15. The number of thiazole rings is 1. The standard InChI is InChI=1S/C15H20N2.3C8H11N.2C7H10N2.C6H9NS/c1-11(2)14-10-17(12(3)4)16-15(14)13-8-6-5-7-9-13;1-7(2)8-3-5-9-6-4-8;1-7(2)8-4-3-5-9-6-8;1-7(2)8-5-3-4-6-9-8;1-6(2)7-3-8-5-9-4-7;1-6(2)7-3-4-8-5-9-7;1-5(2)6-7-3-4-8-6/h5-12H,1-4H3;3*3-7H,1-2H3;2*3-6H,1-2H3;3-5H,1-2H3. The Kier molecular flexibility index (Phi) is 29.1. The molecule has 8 rings (SSSR count). The molecule has 10 nitrogen and oxygen atoms in total. The molecule has 0 amide bonds. The predicted molar refractivity (Wildman–Crippen MR) is 296 cm³/mol. The molecular formula is C59H82N10S. The number of rotatable bonds is 9. The van der Waals surface area contributed by atoms with Gasteiger partial charge in [-0.25, -0.2) is 24.9 Å². The maximum absolute atomic E-state index is 4.72. The summed E-state index contributed by atoms with van der Waals surface area (Å²) in [5, 5.41) is 7.95. The Morgan fingerprint density at radius 1 is 0.400 bits per heavy atom. The van der Waals surface area contributed by atoms with Gasteiger partial charge in [-0.3, -0.25) is 19.6 Å². The van der Waals surface area contributed by atoms with Crippen LogP contribution in [0.15, 0.2) is 159 Å². The summed E-state index contributed by atoms with van der Waals surface area (Å²) in [6.07, 6.45) is 21.8. The fourth-order valence-corrected chi connectivity index (χ4v) is 6.52. The van der Waals surface area contributed by atoms with Gasteiger partial charge < -0.3 is 0 Å². The normalized spacial score (nSPS) is 10.5. The zero-order valence-corrected chi connectivity index (χ0v) is 45.8. The smallest absolute Gasteiger partial charge is 0.115 e. The van der Waals surface area contributed by atoms with Crippen molar-refractivity contribution in [2.75, 3.05) is 0 Å². The summed E-state index contributed by atoms with van der Waals surface area (Å²) in [4.78, 5) is 31.9. The fourth-order valence-electron chi connectivity index (χ4n) is 5.87. The maximum atomic E-state index is 4.72. The molecule has 0 unspecified atom stereocenters. The summed E-state index contributed by atoms with van der Waals surface area (Å²) < 4.78 is 2.05. The summed E-state index contributed by atoms with van der Waals surface area (Å²) in [5.74, 6) is 3.89. The minimum atomic E-state index is 0.407. The van der Waals surface area contributed by atoms with Crippen molar-refractivity contribution in [3.8, 4) is 11.3 Å². The lowest BCUT2D eigenvalue weighted by molar-refractivity contribution is 0.533. The third-order valence-corrected chi connectivity index (χ3v) is 11.4. The van der Waals surface area contributed by atoms with Crippen LogP contribution in [0, 0.1) is 0 Å². The van der Waals surface area contributed by atoms with Gasteiger partial charge in [-0.1, -0.05) is 139 Å². The second-order valence-electron chi connectivity index (χ2n) is 19.0. The molecule has 1 aromatic carbocycles. The average Bonchev–Trinajstić information content (AvgIpc) is 4.10. The van der Waals surface area contributed by atoms with Gasteiger partial charge in [0, 0.05) is 102 Å². The average molecular weight is 963 g/mol. The Hall–Kier alpha value is -6.33. The van der Waals surface area contributed by atoms with E-state index in [1.807, 2.05) is 97.3 Å². The molecule has 0 N–H and O–H groups in total. The van der Waals surface area contributed by atoms with Crippen LogP contribution in [-0.4, -0.2) is 49.7 Å². The minimum absolute atomic E-state index is 0.407. The molecule has 8 aromatic rings. The van der Waals surface area contributed by atoms with E-state index in [1.54, 1.807) is 36.4 Å². The van der Waals surface area contributed by atoms with Crippen molar-refractivity contribution in [2.24, 2.45) is 0 Å². The molecule has 7 aromatic heterocycles. The van der Waals surface area contributed by atoms with Crippen molar-refractivity contribution in [3.05, 3.63) is 198 Å². The first kappa shape index (κ1) is 59.8. The molecule has 11 heteroatoms. The Labute approximate surface area is 426 Å². The van der Waals surface area contributed by atoms with Gasteiger partial charge in [0.25, 0.3) is 0 Å². The van der Waals surface area contributed by atoms with E-state index in [-0.39, 0.29) is 0 Å². The van der Waals surface area contributed by atoms with Crippen molar-refractivity contribution < 1.29 is 0 Å². The molecule has 0 radical (unpaired) electrons. The Bertz CT molecular complexity index is 2170. The van der Waals surface area contributed by atoms with Gasteiger partial charge in [0.2, 0.25) is 0 Å². The quantitative estimate of drug-likeness (QED) is 0.139. The van der Waals surface area contributed by atoms with Crippen LogP contribution >= 0.6 is 11.3 Å². The molecule has 0 aliphatic rings. The van der Waals surface area contributed by atoms with Gasteiger partial charge in [0.15, 0.2) is 0 Å². The van der Waals surface area contributed by atoms with Crippen molar-refractivity contribution in [2.45, 2.75) is 158 Å². The predicted octanol–water partition coefficient (Wildman–Crippen LogP) is 16.3. The van der Waals surface area contributed by atoms with Crippen LogP contribution in [0.3, 0.4) is 0 Å². The van der Waals surface area contributed by atoms with Crippen molar-refractivity contribution >= 4 is 11.3 Å². The topological polar surface area (TPSA) is 121 Å². The van der Waals surface area contributed by atoms with Gasteiger partial charge >= 0.3 is 0 Å². The second kappa shape index (κ2) is 34.0. The third kappa shape index (κ3) is 24.3. The van der Waals surface area contributed by atoms with E-state index in [9.17, 15) is 0 Å². The molecule has 0 atom stereocenters. The van der Waals surface area contributed by atoms with E-state index in [0.717, 1.165) is 17.1 Å². The van der Waals surface area contributed by atoms with E-state index >= 15 is 0 Å². The van der Waals surface area contributed by atoms with Crippen LogP contribution in [0.4, 0.5) is 0 Å². The summed E-state index contributed by atoms with van der Waals surface area (Å²) in [6.45, 7) is 34.5. The monoisotopic (exact) mass is 963 g/mol. The Morgan fingerprint density at radius 2 is 0.986 bits per heavy atom. The number of hydrogen-bond acceptors (Lipinski definition) is 10. The van der Waals surface area contributed by atoms with Crippen molar-refractivity contribution in [3.63, 3.8) is 0 Å². The Balaban J connectivity index is 0.000000286. The van der Waals surface area contributed by atoms with Crippen LogP contribution in [0.25, 0.3) is 11.3 Å². The fraction of sp³-hybridized carbons (Fsp3) is 0.407. The van der Waals surface area contributed by atoms with E-state index < -0.39 is 0 Å². The number of pyridine rings is 3. The van der Waals surface area contributed by atoms with Gasteiger partial charge in [-0.15, -0.1) is 11.3 Å². The van der Waals surface area contributed by atoms with Gasteiger partial charge in [-0.05, 0) is 102 Å². The molecule has 0 fully saturated rings. The molecule has 0 aliphatic heterocycles. The molecule has 7 heterocycles. The maximum Gasteiger partial charge on any atom is 0.115 e. The van der Waals surface area contributed by atoms with Crippen molar-refractivity contribution in [1.29, 1.82) is 0 Å². The van der Waals surface area contributed by atoms with Crippen LogP contribution < -0.4 is 0 Å². The number of aromatic nitrogens is 10. The molecular weight excluding hydrogens is 881 g/mol. The summed E-state index contributed by atoms with van der Waals surface area (Å²) in [5.41, 5.74) is 9.76. The first-order valence-corrected chi connectivity index (χ1v) is 25.6. The van der Waals surface area contributed by atoms with E-state index in [2.05, 4.69) is 192 Å². The number of hydrogen-bond donors (Lipinski definition) is 0. The third-order valence-electron chi connectivity index (χ3n) is 10.4. The van der Waals surface area contributed by atoms with E-state index in [0.29, 0.717) is 47.5 Å². The van der Waals surface area contributed by atoms with Crippen molar-refractivity contribution in [1.82, 2.24) is 49.7 Å². The van der Waals surface area contributed by atoms with E-state index in [4.69, 9.17) is 5.10 Å². The lowest BCUT2D eigenvalue weighted by atomic mass is 10.00. The molecule has 0 spiro atoms. The first-order chi connectivity index (χ1) is 33.4. The van der Waals surface area contributed by atoms with Crippen LogP contribution in [0.2, 0.25) is 0 Å². The number of nitrogens with zero attached hydrogens (tertiary/aromatic N) is 10. The molecule has 70 heavy (non-hydrogen) atoms. The van der Waals surface area contributed by atoms with E-state index in [1.165, 1.54) is 32.8 Å². The minimum Gasteiger partial charge on any atom is -0.269 e. The zero-order valence-electron chi connectivity index (χ0n) is 45.0. The van der Waals surface area contributed by atoms with Crippen LogP contribution in [0.1, 0.15) is 197 Å². The molecule has 0 saturated heterocycles. The lowest BCUT2D eigenvalue weighted by Crippen LogP contribution is -2.00. The second-order valence-corrected chi connectivity index (χ2v) is 19.9. The zero-order chi connectivity index (χ0) is 51.8. The highest BCUT2D eigenvalue weighted by Crippen LogP contribution is 2.29.